The van der Waals surface area contributed by atoms with Crippen molar-refractivity contribution >= 4 is 40.7 Å². The van der Waals surface area contributed by atoms with Gasteiger partial charge in [0.05, 0.1) is 17.2 Å². The fourth-order valence-electron chi connectivity index (χ4n) is 7.05. The Morgan fingerprint density at radius 3 is 2.51 bits per heavy atom. The summed E-state index contributed by atoms with van der Waals surface area (Å²) in [6, 6.07) is 8.99. The van der Waals surface area contributed by atoms with Gasteiger partial charge in [0.1, 0.15) is 11.2 Å². The van der Waals surface area contributed by atoms with Gasteiger partial charge in [0.25, 0.3) is 0 Å². The van der Waals surface area contributed by atoms with E-state index in [9.17, 15) is 14.7 Å². The van der Waals surface area contributed by atoms with Crippen LogP contribution in [0.2, 0.25) is 10.0 Å². The predicted molar refractivity (Wildman–Crippen MR) is 143 cm³/mol. The molecule has 1 saturated heterocycles. The first-order chi connectivity index (χ1) is 17.7. The average Bonchev–Trinajstić information content (AvgIpc) is 3.35. The Kier molecular flexibility index (Phi) is 7.03. The molecule has 6 nitrogen and oxygen atoms in total. The second-order valence-electron chi connectivity index (χ2n) is 10.5. The number of anilines is 1. The standard InChI is InChI=1S/C28H32Cl2FN3O3/c1-3-27(4-2)28(19-13-8-15(29)14-21(19)33-26(28)37)22(18-6-5-7-20(30)23(18)31)24(34-27)25(36)32-16-9-11-17(35)12-10-16/h5-8,13-14,16-17,22,24,34-35H,3-4,9-12H2,1-2H3,(H,32,36)(H,33,37)/t16?,17?,22-,24+,28+/m0/s1. The van der Waals surface area contributed by atoms with Gasteiger partial charge < -0.3 is 15.7 Å². The molecule has 2 heterocycles. The van der Waals surface area contributed by atoms with Crippen LogP contribution in [-0.4, -0.2) is 40.6 Å². The van der Waals surface area contributed by atoms with E-state index in [0.29, 0.717) is 54.8 Å². The summed E-state index contributed by atoms with van der Waals surface area (Å²) in [6.45, 7) is 3.96. The molecule has 9 heteroatoms. The van der Waals surface area contributed by atoms with Crippen molar-refractivity contribution in [2.24, 2.45) is 0 Å². The Balaban J connectivity index is 1.70. The molecule has 2 fully saturated rings. The second kappa shape index (κ2) is 9.84. The van der Waals surface area contributed by atoms with Crippen LogP contribution in [0.4, 0.5) is 10.1 Å². The van der Waals surface area contributed by atoms with Gasteiger partial charge in [-0.25, -0.2) is 4.39 Å². The summed E-state index contributed by atoms with van der Waals surface area (Å²) in [5.74, 6) is -2.08. The molecule has 0 aromatic heterocycles. The van der Waals surface area contributed by atoms with E-state index in [-0.39, 0.29) is 34.5 Å². The number of nitrogens with one attached hydrogen (secondary N) is 3. The number of aliphatic hydroxyl groups excluding tert-OH is 1. The number of rotatable bonds is 5. The number of aliphatic hydroxyl groups is 1. The lowest BCUT2D eigenvalue weighted by Crippen LogP contribution is -2.59. The van der Waals surface area contributed by atoms with Gasteiger partial charge in [0.2, 0.25) is 11.8 Å². The number of fused-ring (bicyclic) bond motifs is 2. The van der Waals surface area contributed by atoms with Crippen molar-refractivity contribution in [1.29, 1.82) is 0 Å². The Morgan fingerprint density at radius 1 is 1.14 bits per heavy atom. The van der Waals surface area contributed by atoms with E-state index in [1.807, 2.05) is 19.9 Å². The van der Waals surface area contributed by atoms with Gasteiger partial charge in [-0.1, -0.05) is 55.2 Å². The first-order valence-electron chi connectivity index (χ1n) is 13.0. The molecule has 0 radical (unpaired) electrons. The van der Waals surface area contributed by atoms with Crippen molar-refractivity contribution in [1.82, 2.24) is 10.6 Å². The minimum absolute atomic E-state index is 0.0618. The summed E-state index contributed by atoms with van der Waals surface area (Å²) in [5, 5.41) is 20.0. The zero-order valence-electron chi connectivity index (χ0n) is 20.9. The number of hydrogen-bond acceptors (Lipinski definition) is 4. The van der Waals surface area contributed by atoms with Crippen molar-refractivity contribution in [3.8, 4) is 0 Å². The molecule has 4 N–H and O–H groups in total. The first kappa shape index (κ1) is 26.4. The third-order valence-corrected chi connectivity index (χ3v) is 9.38. The number of halogens is 3. The maximum absolute atomic E-state index is 15.8. The summed E-state index contributed by atoms with van der Waals surface area (Å²) < 4.78 is 15.8. The number of benzene rings is 2. The summed E-state index contributed by atoms with van der Waals surface area (Å²) >= 11 is 12.5. The highest BCUT2D eigenvalue weighted by Gasteiger charge is 2.71. The van der Waals surface area contributed by atoms with Crippen molar-refractivity contribution < 1.29 is 19.1 Å². The lowest BCUT2D eigenvalue weighted by Gasteiger charge is -2.44. The molecule has 1 saturated carbocycles. The molecule has 2 aliphatic heterocycles. The molecule has 3 aliphatic rings. The Bertz CT molecular complexity index is 1230. The third kappa shape index (κ3) is 3.97. The molecule has 0 unspecified atom stereocenters. The molecule has 0 bridgehead atoms. The quantitative estimate of drug-likeness (QED) is 0.421. The minimum Gasteiger partial charge on any atom is -0.393 e. The number of amides is 2. The third-order valence-electron chi connectivity index (χ3n) is 8.85. The predicted octanol–water partition coefficient (Wildman–Crippen LogP) is 5.06. The fourth-order valence-corrected chi connectivity index (χ4v) is 7.40. The zero-order valence-corrected chi connectivity index (χ0v) is 22.4. The van der Waals surface area contributed by atoms with E-state index in [4.69, 9.17) is 23.2 Å². The topological polar surface area (TPSA) is 90.5 Å². The van der Waals surface area contributed by atoms with Crippen LogP contribution in [0.1, 0.15) is 69.4 Å². The highest BCUT2D eigenvalue weighted by atomic mass is 35.5. The van der Waals surface area contributed by atoms with Crippen LogP contribution < -0.4 is 16.0 Å². The van der Waals surface area contributed by atoms with Crippen molar-refractivity contribution in [2.45, 2.75) is 87.4 Å². The molecular weight excluding hydrogens is 516 g/mol. The van der Waals surface area contributed by atoms with E-state index >= 15 is 4.39 Å². The maximum atomic E-state index is 15.8. The van der Waals surface area contributed by atoms with E-state index in [0.717, 1.165) is 0 Å². The summed E-state index contributed by atoms with van der Waals surface area (Å²) in [6.07, 6.45) is 3.25. The summed E-state index contributed by atoms with van der Waals surface area (Å²) in [5.41, 5.74) is -0.646. The largest absolute Gasteiger partial charge is 0.393 e. The number of carbonyl (C=O) groups excluding carboxylic acids is 2. The van der Waals surface area contributed by atoms with Gasteiger partial charge in [-0.15, -0.1) is 0 Å². The average molecular weight is 548 g/mol. The minimum atomic E-state index is -1.29. The van der Waals surface area contributed by atoms with Gasteiger partial charge >= 0.3 is 0 Å². The van der Waals surface area contributed by atoms with Gasteiger partial charge in [0, 0.05) is 28.2 Å². The van der Waals surface area contributed by atoms with E-state index in [1.165, 1.54) is 6.07 Å². The fraction of sp³-hybridized carbons (Fsp3) is 0.500. The van der Waals surface area contributed by atoms with Crippen molar-refractivity contribution in [3.63, 3.8) is 0 Å². The molecule has 2 aromatic carbocycles. The SMILES string of the molecule is CCC1(CC)N[C@@H](C(=O)NC2CCC(O)CC2)[C@H](c2cccc(Cl)c2F)[C@]12C(=O)Nc1cc(Cl)ccc12. The van der Waals surface area contributed by atoms with Crippen molar-refractivity contribution in [2.75, 3.05) is 5.32 Å². The van der Waals surface area contributed by atoms with Gasteiger partial charge in [-0.05, 0) is 67.9 Å². The number of hydrogen-bond donors (Lipinski definition) is 4. The summed E-state index contributed by atoms with van der Waals surface area (Å²) in [7, 11) is 0. The summed E-state index contributed by atoms with van der Waals surface area (Å²) in [4.78, 5) is 28.1. The lowest BCUT2D eigenvalue weighted by atomic mass is 9.57. The zero-order chi connectivity index (χ0) is 26.5. The normalized spacial score (nSPS) is 30.3. The Labute approximate surface area is 226 Å². The van der Waals surface area contributed by atoms with Crippen LogP contribution in [0.3, 0.4) is 0 Å². The second-order valence-corrected chi connectivity index (χ2v) is 11.3. The molecule has 1 spiro atoms. The molecular formula is C28H32Cl2FN3O3. The monoisotopic (exact) mass is 547 g/mol. The maximum Gasteiger partial charge on any atom is 0.238 e. The van der Waals surface area contributed by atoms with Crippen LogP contribution in [0.5, 0.6) is 0 Å². The Hall–Kier alpha value is -2.19. The van der Waals surface area contributed by atoms with E-state index in [1.54, 1.807) is 24.3 Å². The molecule has 2 amide bonds. The first-order valence-corrected chi connectivity index (χ1v) is 13.8. The van der Waals surface area contributed by atoms with Crippen LogP contribution in [0.25, 0.3) is 0 Å². The van der Waals surface area contributed by atoms with Crippen LogP contribution >= 0.6 is 23.2 Å². The highest BCUT2D eigenvalue weighted by molar-refractivity contribution is 6.31. The van der Waals surface area contributed by atoms with E-state index < -0.39 is 28.7 Å². The highest BCUT2D eigenvalue weighted by Crippen LogP contribution is 2.61. The lowest BCUT2D eigenvalue weighted by molar-refractivity contribution is -0.124. The van der Waals surface area contributed by atoms with Crippen LogP contribution in [0, 0.1) is 5.82 Å². The molecule has 198 valence electrons. The van der Waals surface area contributed by atoms with Crippen LogP contribution in [0.15, 0.2) is 36.4 Å². The van der Waals surface area contributed by atoms with Crippen molar-refractivity contribution in [3.05, 3.63) is 63.4 Å². The molecule has 3 atom stereocenters. The van der Waals surface area contributed by atoms with Crippen LogP contribution in [-0.2, 0) is 15.0 Å². The van der Waals surface area contributed by atoms with Gasteiger partial charge in [-0.2, -0.15) is 0 Å². The van der Waals surface area contributed by atoms with E-state index in [2.05, 4.69) is 16.0 Å². The molecule has 5 rings (SSSR count). The Morgan fingerprint density at radius 2 is 1.84 bits per heavy atom. The number of carbonyl (C=O) groups is 2. The van der Waals surface area contributed by atoms with Gasteiger partial charge in [0.15, 0.2) is 0 Å². The van der Waals surface area contributed by atoms with Gasteiger partial charge in [-0.3, -0.25) is 14.9 Å². The molecule has 37 heavy (non-hydrogen) atoms. The smallest absolute Gasteiger partial charge is 0.238 e. The molecule has 1 aliphatic carbocycles. The molecule has 2 aromatic rings.